The zero-order valence-corrected chi connectivity index (χ0v) is 9.28. The van der Waals surface area contributed by atoms with Crippen molar-refractivity contribution in [1.29, 1.82) is 0 Å². The molecule has 1 aromatic rings. The summed E-state index contributed by atoms with van der Waals surface area (Å²) in [5, 5.41) is 2.54. The van der Waals surface area contributed by atoms with Gasteiger partial charge in [-0.15, -0.1) is 0 Å². The van der Waals surface area contributed by atoms with Gasteiger partial charge in [0, 0.05) is 0 Å². The number of amides is 1. The van der Waals surface area contributed by atoms with E-state index in [1.54, 1.807) is 6.92 Å². The normalized spacial score (nSPS) is 14.7. The smallest absolute Gasteiger partial charge is 0.301 e. The maximum absolute atomic E-state index is 11.6. The molecule has 1 amide bonds. The molecular weight excluding hydrogens is 194 g/mol. The lowest BCUT2D eigenvalue weighted by atomic mass is 10.00. The summed E-state index contributed by atoms with van der Waals surface area (Å²) in [5.41, 5.74) is 6.47. The van der Waals surface area contributed by atoms with Gasteiger partial charge in [0.15, 0.2) is 0 Å². The predicted octanol–water partition coefficient (Wildman–Crippen LogP) is 1.29. The number of oxazole rings is 1. The topological polar surface area (TPSA) is 81.2 Å². The van der Waals surface area contributed by atoms with Gasteiger partial charge in [-0.25, -0.2) is 0 Å². The van der Waals surface area contributed by atoms with E-state index in [0.29, 0.717) is 0 Å². The monoisotopic (exact) mass is 211 g/mol. The first kappa shape index (κ1) is 11.7. The van der Waals surface area contributed by atoms with Crippen LogP contribution in [0.3, 0.4) is 0 Å². The van der Waals surface area contributed by atoms with Crippen LogP contribution in [0.5, 0.6) is 0 Å². The van der Waals surface area contributed by atoms with Crippen molar-refractivity contribution in [2.45, 2.75) is 33.2 Å². The van der Waals surface area contributed by atoms with Gasteiger partial charge in [-0.3, -0.25) is 10.1 Å². The van der Waals surface area contributed by atoms with Crippen LogP contribution in [0.25, 0.3) is 0 Å². The average Bonchev–Trinajstić information content (AvgIpc) is 2.61. The number of nitrogens with two attached hydrogens (primary N) is 1. The van der Waals surface area contributed by atoms with Crippen LogP contribution >= 0.6 is 0 Å². The Morgan fingerprint density at radius 3 is 2.87 bits per heavy atom. The molecule has 5 heteroatoms. The number of aryl methyl sites for hydroxylation is 1. The van der Waals surface area contributed by atoms with E-state index in [4.69, 9.17) is 10.2 Å². The quantitative estimate of drug-likeness (QED) is 0.786. The van der Waals surface area contributed by atoms with Crippen molar-refractivity contribution in [2.24, 2.45) is 11.7 Å². The van der Waals surface area contributed by atoms with E-state index < -0.39 is 6.04 Å². The van der Waals surface area contributed by atoms with Gasteiger partial charge in [-0.1, -0.05) is 20.3 Å². The molecule has 0 radical (unpaired) electrons. The van der Waals surface area contributed by atoms with Crippen molar-refractivity contribution in [3.8, 4) is 0 Å². The SMILES string of the molecule is CC[C@H](C)[C@H](N)C(=O)Nc1nc(C)co1. The maximum Gasteiger partial charge on any atom is 0.301 e. The zero-order valence-electron chi connectivity index (χ0n) is 9.28. The molecule has 84 valence electrons. The lowest BCUT2D eigenvalue weighted by molar-refractivity contribution is -0.118. The lowest BCUT2D eigenvalue weighted by Crippen LogP contribution is -2.40. The molecular formula is C10H17N3O2. The van der Waals surface area contributed by atoms with Crippen molar-refractivity contribution in [1.82, 2.24) is 4.98 Å². The first-order valence-electron chi connectivity index (χ1n) is 5.03. The van der Waals surface area contributed by atoms with Crippen LogP contribution in [0.1, 0.15) is 26.0 Å². The standard InChI is InChI=1S/C10H17N3O2/c1-4-6(2)8(11)9(14)13-10-12-7(3)5-15-10/h5-6,8H,4,11H2,1-3H3,(H,12,13,14)/t6-,8-/m0/s1. The van der Waals surface area contributed by atoms with Gasteiger partial charge in [0.25, 0.3) is 0 Å². The van der Waals surface area contributed by atoms with E-state index in [1.807, 2.05) is 13.8 Å². The maximum atomic E-state index is 11.6. The highest BCUT2D eigenvalue weighted by molar-refractivity contribution is 5.93. The van der Waals surface area contributed by atoms with Crippen molar-refractivity contribution < 1.29 is 9.21 Å². The second kappa shape index (κ2) is 4.93. The minimum atomic E-state index is -0.526. The van der Waals surface area contributed by atoms with E-state index in [0.717, 1.165) is 12.1 Å². The number of nitrogens with zero attached hydrogens (tertiary/aromatic N) is 1. The number of hydrogen-bond donors (Lipinski definition) is 2. The number of hydrogen-bond acceptors (Lipinski definition) is 4. The second-order valence-corrected chi connectivity index (χ2v) is 3.69. The van der Waals surface area contributed by atoms with Gasteiger partial charge >= 0.3 is 6.01 Å². The third-order valence-corrected chi connectivity index (χ3v) is 2.41. The number of carbonyl (C=O) groups excluding carboxylic acids is 1. The fourth-order valence-corrected chi connectivity index (χ4v) is 1.11. The van der Waals surface area contributed by atoms with E-state index in [1.165, 1.54) is 6.26 Å². The first-order chi connectivity index (χ1) is 7.04. The molecule has 1 rings (SSSR count). The van der Waals surface area contributed by atoms with E-state index >= 15 is 0 Å². The molecule has 0 spiro atoms. The van der Waals surface area contributed by atoms with Gasteiger partial charge in [0.2, 0.25) is 5.91 Å². The molecule has 5 nitrogen and oxygen atoms in total. The Labute approximate surface area is 89.1 Å². The summed E-state index contributed by atoms with van der Waals surface area (Å²) in [6.07, 6.45) is 2.34. The number of aromatic nitrogens is 1. The van der Waals surface area contributed by atoms with Gasteiger partial charge < -0.3 is 10.2 Å². The predicted molar refractivity (Wildman–Crippen MR) is 57.3 cm³/mol. The van der Waals surface area contributed by atoms with Crippen molar-refractivity contribution >= 4 is 11.9 Å². The van der Waals surface area contributed by atoms with Gasteiger partial charge in [-0.2, -0.15) is 4.98 Å². The Hall–Kier alpha value is -1.36. The summed E-state index contributed by atoms with van der Waals surface area (Å²) >= 11 is 0. The van der Waals surface area contributed by atoms with Crippen molar-refractivity contribution in [3.63, 3.8) is 0 Å². The van der Waals surface area contributed by atoms with E-state index in [9.17, 15) is 4.79 Å². The summed E-state index contributed by atoms with van der Waals surface area (Å²) in [6, 6.07) is -0.321. The summed E-state index contributed by atoms with van der Waals surface area (Å²) in [5.74, 6) is -0.118. The number of rotatable bonds is 4. The van der Waals surface area contributed by atoms with Crippen LogP contribution in [-0.4, -0.2) is 16.9 Å². The number of nitrogens with one attached hydrogen (secondary N) is 1. The average molecular weight is 211 g/mol. The van der Waals surface area contributed by atoms with E-state index in [2.05, 4.69) is 10.3 Å². The molecule has 0 saturated carbocycles. The first-order valence-corrected chi connectivity index (χ1v) is 5.03. The van der Waals surface area contributed by atoms with Crippen LogP contribution in [-0.2, 0) is 4.79 Å². The molecule has 0 aliphatic carbocycles. The largest absolute Gasteiger partial charge is 0.432 e. The molecule has 15 heavy (non-hydrogen) atoms. The van der Waals surface area contributed by atoms with Gasteiger partial charge in [0.1, 0.15) is 6.26 Å². The number of anilines is 1. The summed E-state index contributed by atoms with van der Waals surface area (Å²) in [7, 11) is 0. The molecule has 0 saturated heterocycles. The molecule has 0 aromatic carbocycles. The van der Waals surface area contributed by atoms with Crippen LogP contribution in [0, 0.1) is 12.8 Å². The molecule has 2 atom stereocenters. The van der Waals surface area contributed by atoms with Crippen molar-refractivity contribution in [2.75, 3.05) is 5.32 Å². The molecule has 1 aromatic heterocycles. The summed E-state index contributed by atoms with van der Waals surface area (Å²) in [4.78, 5) is 15.5. The molecule has 0 fully saturated rings. The Morgan fingerprint density at radius 1 is 1.73 bits per heavy atom. The third-order valence-electron chi connectivity index (χ3n) is 2.41. The second-order valence-electron chi connectivity index (χ2n) is 3.69. The minimum Gasteiger partial charge on any atom is -0.432 e. The molecule has 3 N–H and O–H groups in total. The number of carbonyl (C=O) groups is 1. The summed E-state index contributed by atoms with van der Waals surface area (Å²) < 4.78 is 5.00. The highest BCUT2D eigenvalue weighted by Gasteiger charge is 2.20. The highest BCUT2D eigenvalue weighted by atomic mass is 16.4. The van der Waals surface area contributed by atoms with Crippen LogP contribution in [0.2, 0.25) is 0 Å². The van der Waals surface area contributed by atoms with Gasteiger partial charge in [-0.05, 0) is 12.8 Å². The zero-order chi connectivity index (χ0) is 11.4. The van der Waals surface area contributed by atoms with Crippen LogP contribution in [0.4, 0.5) is 6.01 Å². The molecule has 0 bridgehead atoms. The Balaban J connectivity index is 2.55. The Kier molecular flexibility index (Phi) is 3.85. The fraction of sp³-hybridized carbons (Fsp3) is 0.600. The molecule has 0 aliphatic heterocycles. The lowest BCUT2D eigenvalue weighted by Gasteiger charge is -2.16. The molecule has 0 aliphatic rings. The van der Waals surface area contributed by atoms with Crippen LogP contribution < -0.4 is 11.1 Å². The van der Waals surface area contributed by atoms with Crippen molar-refractivity contribution in [3.05, 3.63) is 12.0 Å². The molecule has 0 unspecified atom stereocenters. The van der Waals surface area contributed by atoms with Gasteiger partial charge in [0.05, 0.1) is 11.7 Å². The minimum absolute atomic E-state index is 0.140. The van der Waals surface area contributed by atoms with Crippen LogP contribution in [0.15, 0.2) is 10.7 Å². The Morgan fingerprint density at radius 2 is 2.40 bits per heavy atom. The van der Waals surface area contributed by atoms with E-state index in [-0.39, 0.29) is 17.8 Å². The molecule has 1 heterocycles. The summed E-state index contributed by atoms with van der Waals surface area (Å²) in [6.45, 7) is 5.71. The highest BCUT2D eigenvalue weighted by Crippen LogP contribution is 2.10. The Bertz CT molecular complexity index is 335. The fourth-order valence-electron chi connectivity index (χ4n) is 1.11. The third kappa shape index (κ3) is 3.06.